The smallest absolute Gasteiger partial charge is 0.125 e. The highest BCUT2D eigenvalue weighted by atomic mass is 32.2. The van der Waals surface area contributed by atoms with Crippen molar-refractivity contribution in [2.75, 3.05) is 7.11 Å². The normalized spacial score (nSPS) is 11.1. The average Bonchev–Trinajstić information content (AvgIpc) is 3.26. The summed E-state index contributed by atoms with van der Waals surface area (Å²) in [5.74, 6) is 1.31. The number of methoxy groups -OCH3 is 1. The van der Waals surface area contributed by atoms with E-state index in [1.807, 2.05) is 36.5 Å². The molecule has 0 atom stereocenters. The summed E-state index contributed by atoms with van der Waals surface area (Å²) in [5.41, 5.74) is 3.75. The Morgan fingerprint density at radius 2 is 2.08 bits per heavy atom. The zero-order valence-corrected chi connectivity index (χ0v) is 14.4. The van der Waals surface area contributed by atoms with Gasteiger partial charge in [0.1, 0.15) is 11.6 Å². The van der Waals surface area contributed by atoms with Gasteiger partial charge in [-0.15, -0.1) is 11.8 Å². The summed E-state index contributed by atoms with van der Waals surface area (Å²) >= 11 is 1.67. The van der Waals surface area contributed by atoms with Crippen molar-refractivity contribution >= 4 is 22.7 Å². The molecule has 0 aliphatic rings. The molecule has 0 bridgehead atoms. The SMILES string of the molecule is COc1cccc(-c2cc(CSc3c[nH]c4cc(F)ccc34)n[nH]2)c1. The maximum Gasteiger partial charge on any atom is 0.125 e. The molecule has 0 saturated heterocycles. The second-order valence-electron chi connectivity index (χ2n) is 5.64. The van der Waals surface area contributed by atoms with E-state index >= 15 is 0 Å². The summed E-state index contributed by atoms with van der Waals surface area (Å²) in [7, 11) is 1.65. The maximum atomic E-state index is 13.3. The predicted octanol–water partition coefficient (Wildman–Crippen LogP) is 5.00. The number of thioether (sulfide) groups is 1. The number of hydrogen-bond donors (Lipinski definition) is 2. The number of H-pyrrole nitrogens is 2. The lowest BCUT2D eigenvalue weighted by molar-refractivity contribution is 0.415. The van der Waals surface area contributed by atoms with Crippen LogP contribution in [0.3, 0.4) is 0 Å². The largest absolute Gasteiger partial charge is 0.497 e. The van der Waals surface area contributed by atoms with Gasteiger partial charge >= 0.3 is 0 Å². The number of benzene rings is 2. The first kappa shape index (κ1) is 15.8. The average molecular weight is 353 g/mol. The Morgan fingerprint density at radius 3 is 2.96 bits per heavy atom. The molecular weight excluding hydrogens is 337 g/mol. The molecule has 126 valence electrons. The van der Waals surface area contributed by atoms with Gasteiger partial charge in [0.25, 0.3) is 0 Å². The standard InChI is InChI=1S/C19H16FN3OS/c1-24-15-4-2-3-12(7-15)17-9-14(22-23-17)11-25-19-10-21-18-8-13(20)5-6-16(18)19/h2-10,21H,11H2,1H3,(H,22,23). The number of nitrogens with one attached hydrogen (secondary N) is 2. The van der Waals surface area contributed by atoms with Crippen molar-refractivity contribution in [1.82, 2.24) is 15.2 Å². The molecule has 4 aromatic rings. The van der Waals surface area contributed by atoms with Crippen LogP contribution in [0.2, 0.25) is 0 Å². The number of hydrogen-bond acceptors (Lipinski definition) is 3. The molecule has 2 aromatic heterocycles. The van der Waals surface area contributed by atoms with E-state index < -0.39 is 0 Å². The number of fused-ring (bicyclic) bond motifs is 1. The topological polar surface area (TPSA) is 53.7 Å². The number of rotatable bonds is 5. The number of halogens is 1. The summed E-state index contributed by atoms with van der Waals surface area (Å²) in [6.45, 7) is 0. The summed E-state index contributed by atoms with van der Waals surface area (Å²) in [6.07, 6.45) is 1.91. The van der Waals surface area contributed by atoms with E-state index in [-0.39, 0.29) is 5.82 Å². The number of ether oxygens (including phenoxy) is 1. The van der Waals surface area contributed by atoms with Gasteiger partial charge in [-0.3, -0.25) is 5.10 Å². The van der Waals surface area contributed by atoms with Crippen molar-refractivity contribution < 1.29 is 9.13 Å². The Hall–Kier alpha value is -2.73. The molecule has 0 radical (unpaired) electrons. The van der Waals surface area contributed by atoms with Gasteiger partial charge in [0.05, 0.1) is 18.5 Å². The molecule has 0 spiro atoms. The van der Waals surface area contributed by atoms with Crippen LogP contribution in [0.15, 0.2) is 59.6 Å². The third-order valence-corrected chi connectivity index (χ3v) is 5.08. The molecule has 25 heavy (non-hydrogen) atoms. The second-order valence-corrected chi connectivity index (χ2v) is 6.65. The molecule has 0 fully saturated rings. The maximum absolute atomic E-state index is 13.3. The van der Waals surface area contributed by atoms with Crippen LogP contribution in [0.1, 0.15) is 5.69 Å². The summed E-state index contributed by atoms with van der Waals surface area (Å²) in [4.78, 5) is 4.19. The lowest BCUT2D eigenvalue weighted by Crippen LogP contribution is -1.83. The van der Waals surface area contributed by atoms with Crippen LogP contribution in [-0.2, 0) is 5.75 Å². The Labute approximate surface area is 148 Å². The van der Waals surface area contributed by atoms with Crippen LogP contribution >= 0.6 is 11.8 Å². The molecule has 6 heteroatoms. The first-order valence-electron chi connectivity index (χ1n) is 7.81. The predicted molar refractivity (Wildman–Crippen MR) is 98.4 cm³/mol. The van der Waals surface area contributed by atoms with Gasteiger partial charge in [0, 0.05) is 33.3 Å². The van der Waals surface area contributed by atoms with Crippen LogP contribution in [0, 0.1) is 5.82 Å². The van der Waals surface area contributed by atoms with Gasteiger partial charge in [-0.1, -0.05) is 12.1 Å². The summed E-state index contributed by atoms with van der Waals surface area (Å²) < 4.78 is 18.5. The zero-order valence-electron chi connectivity index (χ0n) is 13.5. The number of nitrogens with zero attached hydrogens (tertiary/aromatic N) is 1. The minimum Gasteiger partial charge on any atom is -0.497 e. The van der Waals surface area contributed by atoms with E-state index in [2.05, 4.69) is 15.2 Å². The fraction of sp³-hybridized carbons (Fsp3) is 0.105. The van der Waals surface area contributed by atoms with E-state index in [9.17, 15) is 4.39 Å². The van der Waals surface area contributed by atoms with Crippen molar-refractivity contribution in [2.45, 2.75) is 10.6 Å². The van der Waals surface area contributed by atoms with E-state index in [0.717, 1.165) is 44.3 Å². The van der Waals surface area contributed by atoms with Gasteiger partial charge in [0.2, 0.25) is 0 Å². The quantitative estimate of drug-likeness (QED) is 0.497. The van der Waals surface area contributed by atoms with E-state index in [4.69, 9.17) is 4.74 Å². The lowest BCUT2D eigenvalue weighted by Gasteiger charge is -2.01. The summed E-state index contributed by atoms with van der Waals surface area (Å²) in [6, 6.07) is 14.7. The van der Waals surface area contributed by atoms with E-state index in [1.165, 1.54) is 12.1 Å². The van der Waals surface area contributed by atoms with Gasteiger partial charge in [-0.05, 0) is 36.4 Å². The lowest BCUT2D eigenvalue weighted by atomic mass is 10.1. The Balaban J connectivity index is 1.51. The van der Waals surface area contributed by atoms with Gasteiger partial charge < -0.3 is 9.72 Å². The molecule has 0 saturated carbocycles. The zero-order chi connectivity index (χ0) is 17.2. The molecule has 2 aromatic carbocycles. The molecule has 2 heterocycles. The van der Waals surface area contributed by atoms with E-state index in [0.29, 0.717) is 0 Å². The molecule has 2 N–H and O–H groups in total. The first-order chi connectivity index (χ1) is 12.2. The molecular formula is C19H16FN3OS. The summed E-state index contributed by atoms with van der Waals surface area (Å²) in [5, 5.41) is 8.48. The minimum atomic E-state index is -0.235. The van der Waals surface area contributed by atoms with Crippen LogP contribution in [-0.4, -0.2) is 22.3 Å². The molecule has 4 nitrogen and oxygen atoms in total. The highest BCUT2D eigenvalue weighted by Gasteiger charge is 2.08. The molecule has 0 amide bonds. The van der Waals surface area contributed by atoms with Crippen molar-refractivity contribution in [3.8, 4) is 17.0 Å². The highest BCUT2D eigenvalue weighted by molar-refractivity contribution is 7.98. The second kappa shape index (κ2) is 6.64. The van der Waals surface area contributed by atoms with Gasteiger partial charge in [-0.2, -0.15) is 5.10 Å². The fourth-order valence-electron chi connectivity index (χ4n) is 2.72. The Kier molecular flexibility index (Phi) is 4.19. The minimum absolute atomic E-state index is 0.235. The number of aromatic amines is 2. The third-order valence-electron chi connectivity index (χ3n) is 3.99. The molecule has 0 unspecified atom stereocenters. The molecule has 0 aliphatic heterocycles. The molecule has 0 aliphatic carbocycles. The van der Waals surface area contributed by atoms with Crippen LogP contribution in [0.4, 0.5) is 4.39 Å². The van der Waals surface area contributed by atoms with Gasteiger partial charge in [0.15, 0.2) is 0 Å². The van der Waals surface area contributed by atoms with Crippen molar-refractivity contribution in [2.24, 2.45) is 0 Å². The first-order valence-corrected chi connectivity index (χ1v) is 8.79. The van der Waals surface area contributed by atoms with Crippen molar-refractivity contribution in [3.05, 3.63) is 66.2 Å². The van der Waals surface area contributed by atoms with Crippen LogP contribution < -0.4 is 4.74 Å². The Morgan fingerprint density at radius 1 is 1.16 bits per heavy atom. The Bertz CT molecular complexity index is 1020. The van der Waals surface area contributed by atoms with Crippen molar-refractivity contribution in [3.63, 3.8) is 0 Å². The number of aromatic nitrogens is 3. The van der Waals surface area contributed by atoms with Crippen LogP contribution in [0.25, 0.3) is 22.2 Å². The highest BCUT2D eigenvalue weighted by Crippen LogP contribution is 2.31. The van der Waals surface area contributed by atoms with Gasteiger partial charge in [-0.25, -0.2) is 4.39 Å². The monoisotopic (exact) mass is 353 g/mol. The third kappa shape index (κ3) is 3.25. The van der Waals surface area contributed by atoms with Crippen molar-refractivity contribution in [1.29, 1.82) is 0 Å². The van der Waals surface area contributed by atoms with E-state index in [1.54, 1.807) is 24.9 Å². The fourth-order valence-corrected chi connectivity index (χ4v) is 3.65. The van der Waals surface area contributed by atoms with Crippen LogP contribution in [0.5, 0.6) is 5.75 Å². The molecule has 4 rings (SSSR count).